The van der Waals surface area contributed by atoms with Gasteiger partial charge in [-0.1, -0.05) is 27.7 Å². The summed E-state index contributed by atoms with van der Waals surface area (Å²) in [6.07, 6.45) is 1.91. The van der Waals surface area contributed by atoms with Gasteiger partial charge in [0.25, 0.3) is 0 Å². The molecule has 0 aromatic carbocycles. The zero-order chi connectivity index (χ0) is 13.9. The van der Waals surface area contributed by atoms with Gasteiger partial charge in [0.05, 0.1) is 17.6 Å². The Morgan fingerprint density at radius 3 is 2.28 bits per heavy atom. The summed E-state index contributed by atoms with van der Waals surface area (Å²) in [6.45, 7) is 11.3. The molecule has 0 radical (unpaired) electrons. The highest BCUT2D eigenvalue weighted by Gasteiger charge is 2.18. The molecule has 102 valence electrons. The standard InChI is InChI=1S/C14H26N4/c1-9(2)11(5)18(6)13-8-16-14(10(3)4)17-12(13)7-15/h8-11H,7,15H2,1-6H3. The first-order valence-corrected chi connectivity index (χ1v) is 6.67. The highest BCUT2D eigenvalue weighted by molar-refractivity contribution is 5.49. The van der Waals surface area contributed by atoms with Crippen LogP contribution in [0.3, 0.4) is 0 Å². The number of aromatic nitrogens is 2. The average molecular weight is 250 g/mol. The van der Waals surface area contributed by atoms with Crippen LogP contribution in [-0.4, -0.2) is 23.1 Å². The van der Waals surface area contributed by atoms with Crippen LogP contribution >= 0.6 is 0 Å². The molecule has 0 spiro atoms. The molecule has 4 heteroatoms. The SMILES string of the molecule is CC(C)c1ncc(N(C)C(C)C(C)C)c(CN)n1. The van der Waals surface area contributed by atoms with Crippen LogP contribution < -0.4 is 10.6 Å². The molecule has 1 unspecified atom stereocenters. The van der Waals surface area contributed by atoms with Crippen molar-refractivity contribution in [2.75, 3.05) is 11.9 Å². The molecule has 0 amide bonds. The first-order valence-electron chi connectivity index (χ1n) is 6.67. The Morgan fingerprint density at radius 2 is 1.83 bits per heavy atom. The second kappa shape index (κ2) is 6.14. The number of nitrogens with two attached hydrogens (primary N) is 1. The van der Waals surface area contributed by atoms with Crippen molar-refractivity contribution in [2.24, 2.45) is 11.7 Å². The Morgan fingerprint density at radius 1 is 1.22 bits per heavy atom. The van der Waals surface area contributed by atoms with E-state index in [-0.39, 0.29) is 0 Å². The van der Waals surface area contributed by atoms with Gasteiger partial charge in [-0.25, -0.2) is 9.97 Å². The van der Waals surface area contributed by atoms with Crippen LogP contribution in [0.15, 0.2) is 6.20 Å². The minimum atomic E-state index is 0.331. The highest BCUT2D eigenvalue weighted by atomic mass is 15.2. The molecule has 0 fully saturated rings. The van der Waals surface area contributed by atoms with Crippen molar-refractivity contribution in [1.82, 2.24) is 9.97 Å². The fraction of sp³-hybridized carbons (Fsp3) is 0.714. The lowest BCUT2D eigenvalue weighted by molar-refractivity contribution is 0.503. The number of nitrogens with zero attached hydrogens (tertiary/aromatic N) is 3. The molecule has 0 bridgehead atoms. The van der Waals surface area contributed by atoms with E-state index < -0.39 is 0 Å². The molecular formula is C14H26N4. The Hall–Kier alpha value is -1.16. The van der Waals surface area contributed by atoms with Gasteiger partial charge in [-0.2, -0.15) is 0 Å². The van der Waals surface area contributed by atoms with Crippen molar-refractivity contribution in [2.45, 2.75) is 53.1 Å². The lowest BCUT2D eigenvalue weighted by Crippen LogP contribution is -2.34. The van der Waals surface area contributed by atoms with Crippen LogP contribution in [0.5, 0.6) is 0 Å². The Bertz CT molecular complexity index is 387. The summed E-state index contributed by atoms with van der Waals surface area (Å²) in [5.74, 6) is 1.77. The molecule has 0 aliphatic rings. The van der Waals surface area contributed by atoms with Gasteiger partial charge in [0.2, 0.25) is 0 Å². The van der Waals surface area contributed by atoms with E-state index in [2.05, 4.69) is 56.5 Å². The normalized spacial score (nSPS) is 13.2. The van der Waals surface area contributed by atoms with Crippen molar-refractivity contribution >= 4 is 5.69 Å². The summed E-state index contributed by atoms with van der Waals surface area (Å²) in [5, 5.41) is 0. The molecule has 0 saturated heterocycles. The fourth-order valence-electron chi connectivity index (χ4n) is 1.82. The molecule has 0 saturated carbocycles. The van der Waals surface area contributed by atoms with Crippen LogP contribution in [0.1, 0.15) is 52.1 Å². The quantitative estimate of drug-likeness (QED) is 0.872. The maximum Gasteiger partial charge on any atom is 0.131 e. The van der Waals surface area contributed by atoms with Crippen LogP contribution in [0.4, 0.5) is 5.69 Å². The van der Waals surface area contributed by atoms with Gasteiger partial charge in [-0.15, -0.1) is 0 Å². The average Bonchev–Trinajstić information content (AvgIpc) is 2.35. The van der Waals surface area contributed by atoms with Crippen LogP contribution in [0.25, 0.3) is 0 Å². The maximum atomic E-state index is 5.82. The van der Waals surface area contributed by atoms with E-state index in [0.717, 1.165) is 17.2 Å². The fourth-order valence-corrected chi connectivity index (χ4v) is 1.82. The van der Waals surface area contributed by atoms with Crippen molar-refractivity contribution in [3.8, 4) is 0 Å². The summed E-state index contributed by atoms with van der Waals surface area (Å²) in [5.41, 5.74) is 7.80. The zero-order valence-electron chi connectivity index (χ0n) is 12.4. The molecule has 0 aliphatic carbocycles. The summed E-state index contributed by atoms with van der Waals surface area (Å²) < 4.78 is 0. The van der Waals surface area contributed by atoms with E-state index in [9.17, 15) is 0 Å². The third-order valence-corrected chi connectivity index (χ3v) is 3.53. The van der Waals surface area contributed by atoms with Gasteiger partial charge in [-0.05, 0) is 12.8 Å². The topological polar surface area (TPSA) is 55.0 Å². The minimum Gasteiger partial charge on any atom is -0.369 e. The first kappa shape index (κ1) is 14.9. The monoisotopic (exact) mass is 250 g/mol. The number of hydrogen-bond donors (Lipinski definition) is 1. The van der Waals surface area contributed by atoms with E-state index in [1.807, 2.05) is 6.20 Å². The maximum absolute atomic E-state index is 5.82. The van der Waals surface area contributed by atoms with Gasteiger partial charge < -0.3 is 10.6 Å². The van der Waals surface area contributed by atoms with Gasteiger partial charge in [0, 0.05) is 25.6 Å². The lowest BCUT2D eigenvalue weighted by Gasteiger charge is -2.31. The largest absolute Gasteiger partial charge is 0.369 e. The summed E-state index contributed by atoms with van der Waals surface area (Å²) in [6, 6.07) is 0.434. The lowest BCUT2D eigenvalue weighted by atomic mass is 10.0. The van der Waals surface area contributed by atoms with E-state index in [1.165, 1.54) is 0 Å². The van der Waals surface area contributed by atoms with Crippen LogP contribution in [0, 0.1) is 5.92 Å². The zero-order valence-corrected chi connectivity index (χ0v) is 12.4. The highest BCUT2D eigenvalue weighted by Crippen LogP contribution is 2.23. The molecule has 4 nitrogen and oxygen atoms in total. The Balaban J connectivity index is 3.09. The van der Waals surface area contributed by atoms with Crippen molar-refractivity contribution < 1.29 is 0 Å². The van der Waals surface area contributed by atoms with Gasteiger partial charge in [0.15, 0.2) is 0 Å². The molecule has 1 heterocycles. The summed E-state index contributed by atoms with van der Waals surface area (Å²) in [7, 11) is 2.08. The predicted molar refractivity (Wildman–Crippen MR) is 76.7 cm³/mol. The van der Waals surface area contributed by atoms with E-state index in [1.54, 1.807) is 0 Å². The number of anilines is 1. The second-order valence-electron chi connectivity index (χ2n) is 5.51. The molecule has 1 aromatic rings. The molecular weight excluding hydrogens is 224 g/mol. The van der Waals surface area contributed by atoms with Crippen molar-refractivity contribution in [3.63, 3.8) is 0 Å². The molecule has 1 aromatic heterocycles. The third-order valence-electron chi connectivity index (χ3n) is 3.53. The van der Waals surface area contributed by atoms with Gasteiger partial charge in [-0.3, -0.25) is 0 Å². The molecule has 2 N–H and O–H groups in total. The van der Waals surface area contributed by atoms with Gasteiger partial charge >= 0.3 is 0 Å². The number of rotatable bonds is 5. The van der Waals surface area contributed by atoms with Crippen molar-refractivity contribution in [3.05, 3.63) is 17.7 Å². The molecule has 18 heavy (non-hydrogen) atoms. The van der Waals surface area contributed by atoms with E-state index in [4.69, 9.17) is 5.73 Å². The van der Waals surface area contributed by atoms with E-state index in [0.29, 0.717) is 24.4 Å². The second-order valence-corrected chi connectivity index (χ2v) is 5.51. The van der Waals surface area contributed by atoms with Crippen LogP contribution in [-0.2, 0) is 6.54 Å². The molecule has 0 aliphatic heterocycles. The predicted octanol–water partition coefficient (Wildman–Crippen LogP) is 2.54. The summed E-state index contributed by atoms with van der Waals surface area (Å²) in [4.78, 5) is 11.2. The van der Waals surface area contributed by atoms with Crippen molar-refractivity contribution in [1.29, 1.82) is 0 Å². The third kappa shape index (κ3) is 3.19. The Labute approximate surface area is 111 Å². The van der Waals surface area contributed by atoms with Crippen LogP contribution in [0.2, 0.25) is 0 Å². The smallest absolute Gasteiger partial charge is 0.131 e. The minimum absolute atomic E-state index is 0.331. The first-order chi connectivity index (χ1) is 8.38. The number of hydrogen-bond acceptors (Lipinski definition) is 4. The van der Waals surface area contributed by atoms with E-state index >= 15 is 0 Å². The molecule has 1 rings (SSSR count). The molecule has 1 atom stereocenters. The Kier molecular flexibility index (Phi) is 5.08. The van der Waals surface area contributed by atoms with Gasteiger partial charge in [0.1, 0.15) is 5.82 Å². The summed E-state index contributed by atoms with van der Waals surface area (Å²) >= 11 is 0.